The highest BCUT2D eigenvalue weighted by atomic mass is 32.1. The summed E-state index contributed by atoms with van der Waals surface area (Å²) in [7, 11) is 5.13. The summed E-state index contributed by atoms with van der Waals surface area (Å²) in [5, 5.41) is 10.2. The number of carbonyl (C=O) groups is 1. The summed E-state index contributed by atoms with van der Waals surface area (Å²) in [5.74, 6) is 1.38. The highest BCUT2D eigenvalue weighted by Crippen LogP contribution is 2.30. The Morgan fingerprint density at radius 1 is 1.35 bits per heavy atom. The van der Waals surface area contributed by atoms with Gasteiger partial charge in [0, 0.05) is 27.1 Å². The first-order valence-electron chi connectivity index (χ1n) is 9.72. The number of anilines is 3. The number of fused-ring (bicyclic) bond motifs is 1. The van der Waals surface area contributed by atoms with E-state index in [9.17, 15) is 9.18 Å². The van der Waals surface area contributed by atoms with Crippen molar-refractivity contribution < 1.29 is 13.9 Å². The molecule has 0 spiro atoms. The maximum absolute atomic E-state index is 14.6. The van der Waals surface area contributed by atoms with E-state index in [-0.39, 0.29) is 25.4 Å². The second kappa shape index (κ2) is 8.57. The van der Waals surface area contributed by atoms with Crippen LogP contribution in [0.2, 0.25) is 0 Å². The third-order valence-electron chi connectivity index (χ3n) is 5.01. The van der Waals surface area contributed by atoms with E-state index in [2.05, 4.69) is 43.3 Å². The lowest BCUT2D eigenvalue weighted by atomic mass is 10.2. The summed E-state index contributed by atoms with van der Waals surface area (Å²) >= 11 is 4.04. The number of hydrogen-bond donors (Lipinski definition) is 3. The predicted octanol–water partition coefficient (Wildman–Crippen LogP) is 0.812. The number of aromatic nitrogens is 6. The Hall–Kier alpha value is -3.09. The molecule has 1 aliphatic heterocycles. The second-order valence-corrected chi connectivity index (χ2v) is 7.77. The van der Waals surface area contributed by atoms with Crippen LogP contribution in [-0.2, 0) is 18.9 Å². The topological polar surface area (TPSA) is 115 Å². The van der Waals surface area contributed by atoms with E-state index < -0.39 is 12.2 Å². The van der Waals surface area contributed by atoms with Crippen molar-refractivity contribution in [3.63, 3.8) is 0 Å². The van der Waals surface area contributed by atoms with Crippen LogP contribution in [0, 0.1) is 0 Å². The Morgan fingerprint density at radius 2 is 2.16 bits per heavy atom. The van der Waals surface area contributed by atoms with E-state index in [0.29, 0.717) is 40.3 Å². The maximum Gasteiger partial charge on any atom is 0.256 e. The Balaban J connectivity index is 1.65. The molecular weight excluding hydrogens is 425 g/mol. The van der Waals surface area contributed by atoms with Crippen molar-refractivity contribution in [3.05, 3.63) is 12.5 Å². The van der Waals surface area contributed by atoms with Gasteiger partial charge in [0.25, 0.3) is 5.88 Å². The quantitative estimate of drug-likeness (QED) is 0.454. The number of alkyl halides is 1. The highest BCUT2D eigenvalue weighted by Gasteiger charge is 2.35. The summed E-state index contributed by atoms with van der Waals surface area (Å²) < 4.78 is 23.3. The van der Waals surface area contributed by atoms with Gasteiger partial charge in [-0.1, -0.05) is 0 Å². The van der Waals surface area contributed by atoms with Crippen molar-refractivity contribution in [2.75, 3.05) is 36.2 Å². The first kappa shape index (κ1) is 21.2. The SMILES string of the molecule is COc1nn(C)cc1Nc1nc(N2C[C@@H](F)[C@H](NC(=O)CCS)C2)nc2c1ncn2C. The number of aryl methyl sites for hydroxylation is 2. The Morgan fingerprint density at radius 3 is 2.90 bits per heavy atom. The highest BCUT2D eigenvalue weighted by molar-refractivity contribution is 7.80. The molecule has 3 aromatic heterocycles. The van der Waals surface area contributed by atoms with Crippen LogP contribution in [0.15, 0.2) is 12.5 Å². The van der Waals surface area contributed by atoms with Crippen molar-refractivity contribution in [2.24, 2.45) is 14.1 Å². The molecule has 1 saturated heterocycles. The van der Waals surface area contributed by atoms with Gasteiger partial charge in [-0.05, 0) is 5.75 Å². The van der Waals surface area contributed by atoms with Crippen LogP contribution in [0.25, 0.3) is 11.2 Å². The summed E-state index contributed by atoms with van der Waals surface area (Å²) in [4.78, 5) is 27.2. The van der Waals surface area contributed by atoms with Crippen molar-refractivity contribution in [1.29, 1.82) is 0 Å². The van der Waals surface area contributed by atoms with Gasteiger partial charge in [0.1, 0.15) is 11.9 Å². The van der Waals surface area contributed by atoms with Crippen LogP contribution in [0.5, 0.6) is 5.88 Å². The number of ether oxygens (including phenoxy) is 1. The average Bonchev–Trinajstić information content (AvgIpc) is 3.40. The minimum Gasteiger partial charge on any atom is -0.478 e. The average molecular weight is 450 g/mol. The van der Waals surface area contributed by atoms with Gasteiger partial charge < -0.3 is 24.8 Å². The second-order valence-electron chi connectivity index (χ2n) is 7.32. The molecule has 0 radical (unpaired) electrons. The number of rotatable bonds is 7. The summed E-state index contributed by atoms with van der Waals surface area (Å²) in [6, 6.07) is -0.631. The molecule has 1 aliphatic rings. The molecule has 166 valence electrons. The number of nitrogens with one attached hydrogen (secondary N) is 2. The molecule has 31 heavy (non-hydrogen) atoms. The molecule has 0 aromatic carbocycles. The summed E-state index contributed by atoms with van der Waals surface area (Å²) in [6.07, 6.45) is 2.40. The molecule has 3 aromatic rings. The smallest absolute Gasteiger partial charge is 0.256 e. The lowest BCUT2D eigenvalue weighted by Crippen LogP contribution is -2.41. The van der Waals surface area contributed by atoms with Gasteiger partial charge in [-0.15, -0.1) is 5.10 Å². The zero-order valence-corrected chi connectivity index (χ0v) is 18.3. The van der Waals surface area contributed by atoms with E-state index in [1.807, 2.05) is 7.05 Å². The monoisotopic (exact) mass is 449 g/mol. The molecule has 4 rings (SSSR count). The lowest BCUT2D eigenvalue weighted by Gasteiger charge is -2.18. The number of carbonyl (C=O) groups excluding carboxylic acids is 1. The van der Waals surface area contributed by atoms with Gasteiger partial charge in [-0.25, -0.2) is 9.37 Å². The number of methoxy groups -OCH3 is 1. The van der Waals surface area contributed by atoms with Crippen LogP contribution in [0.3, 0.4) is 0 Å². The van der Waals surface area contributed by atoms with Gasteiger partial charge in [-0.2, -0.15) is 22.6 Å². The van der Waals surface area contributed by atoms with E-state index in [4.69, 9.17) is 4.74 Å². The summed E-state index contributed by atoms with van der Waals surface area (Å²) in [6.45, 7) is 0.337. The van der Waals surface area contributed by atoms with E-state index in [1.54, 1.807) is 33.7 Å². The summed E-state index contributed by atoms with van der Waals surface area (Å²) in [5.41, 5.74) is 1.77. The molecule has 13 heteroatoms. The minimum absolute atomic E-state index is 0.0742. The first-order chi connectivity index (χ1) is 14.9. The minimum atomic E-state index is -1.23. The zero-order chi connectivity index (χ0) is 22.1. The standard InChI is InChI=1S/C18H24FN9O2S/c1-26-9-20-14-15(22-12-7-27(2)25-17(12)30-3)23-18(24-16(14)26)28-6-10(19)11(8-28)21-13(29)4-5-31/h7,9-11,31H,4-6,8H2,1-3H3,(H,21,29)(H,22,23,24)/t10-,11-/m1/s1. The molecule has 2 atom stereocenters. The fraction of sp³-hybridized carbons (Fsp3) is 0.500. The number of thiol groups is 1. The van der Waals surface area contributed by atoms with Crippen LogP contribution >= 0.6 is 12.6 Å². The molecule has 2 N–H and O–H groups in total. The van der Waals surface area contributed by atoms with Gasteiger partial charge in [0.2, 0.25) is 11.9 Å². The molecule has 1 fully saturated rings. The first-order valence-corrected chi connectivity index (χ1v) is 10.4. The largest absolute Gasteiger partial charge is 0.478 e. The molecule has 0 unspecified atom stereocenters. The lowest BCUT2D eigenvalue weighted by molar-refractivity contribution is -0.121. The van der Waals surface area contributed by atoms with Crippen LogP contribution in [-0.4, -0.2) is 73.4 Å². The van der Waals surface area contributed by atoms with Gasteiger partial charge in [0.15, 0.2) is 17.0 Å². The third kappa shape index (κ3) is 4.22. The van der Waals surface area contributed by atoms with E-state index in [0.717, 1.165) is 0 Å². The van der Waals surface area contributed by atoms with Gasteiger partial charge >= 0.3 is 0 Å². The van der Waals surface area contributed by atoms with Crippen LogP contribution in [0.4, 0.5) is 21.8 Å². The fourth-order valence-electron chi connectivity index (χ4n) is 3.50. The van der Waals surface area contributed by atoms with Crippen molar-refractivity contribution in [1.82, 2.24) is 34.6 Å². The fourth-order valence-corrected chi connectivity index (χ4v) is 3.70. The number of halogens is 1. The number of hydrogen-bond acceptors (Lipinski definition) is 9. The van der Waals surface area contributed by atoms with E-state index >= 15 is 0 Å². The molecule has 1 amide bonds. The number of imidazole rings is 1. The van der Waals surface area contributed by atoms with Crippen molar-refractivity contribution >= 4 is 47.2 Å². The zero-order valence-electron chi connectivity index (χ0n) is 17.4. The molecule has 0 saturated carbocycles. The van der Waals surface area contributed by atoms with Gasteiger partial charge in [0.05, 0.1) is 32.2 Å². The molecular formula is C18H24FN9O2S. The Labute approximate surface area is 183 Å². The third-order valence-corrected chi connectivity index (χ3v) is 5.23. The van der Waals surface area contributed by atoms with Crippen molar-refractivity contribution in [2.45, 2.75) is 18.6 Å². The molecule has 4 heterocycles. The van der Waals surface area contributed by atoms with Crippen LogP contribution in [0.1, 0.15) is 6.42 Å². The van der Waals surface area contributed by atoms with Crippen LogP contribution < -0.4 is 20.3 Å². The normalized spacial score (nSPS) is 18.5. The Kier molecular flexibility index (Phi) is 5.85. The maximum atomic E-state index is 14.6. The van der Waals surface area contributed by atoms with Crippen molar-refractivity contribution in [3.8, 4) is 5.88 Å². The molecule has 0 aliphatic carbocycles. The predicted molar refractivity (Wildman–Crippen MR) is 117 cm³/mol. The molecule has 11 nitrogen and oxygen atoms in total. The Bertz CT molecular complexity index is 1100. The van der Waals surface area contributed by atoms with Gasteiger partial charge in [-0.3, -0.25) is 9.48 Å². The molecule has 0 bridgehead atoms. The number of amides is 1. The van der Waals surface area contributed by atoms with E-state index in [1.165, 1.54) is 7.11 Å². The number of nitrogens with zero attached hydrogens (tertiary/aromatic N) is 7.